The number of benzene rings is 1. The molecule has 1 aliphatic heterocycles. The van der Waals surface area contributed by atoms with Crippen LogP contribution < -0.4 is 14.5 Å². The van der Waals surface area contributed by atoms with Gasteiger partial charge in [-0.3, -0.25) is 19.4 Å². The first-order chi connectivity index (χ1) is 19.4. The lowest BCUT2D eigenvalue weighted by Crippen LogP contribution is -2.20. The molecular formula is C29H35N9O2. The highest BCUT2D eigenvalue weighted by molar-refractivity contribution is 6.02. The third kappa shape index (κ3) is 5.50. The lowest BCUT2D eigenvalue weighted by molar-refractivity contribution is 0.0988. The second-order valence-corrected chi connectivity index (χ2v) is 9.90. The van der Waals surface area contributed by atoms with Crippen molar-refractivity contribution in [1.82, 2.24) is 34.6 Å². The van der Waals surface area contributed by atoms with Gasteiger partial charge in [0.05, 0.1) is 47.7 Å². The summed E-state index contributed by atoms with van der Waals surface area (Å²) < 4.78 is 7.50. The molecule has 0 unspecified atom stereocenters. The average molecular weight is 542 g/mol. The zero-order valence-corrected chi connectivity index (χ0v) is 23.7. The number of ketones is 1. The predicted octanol–water partition coefficient (Wildman–Crippen LogP) is 4.40. The van der Waals surface area contributed by atoms with Crippen molar-refractivity contribution >= 4 is 28.8 Å². The maximum absolute atomic E-state index is 13.0. The van der Waals surface area contributed by atoms with Crippen LogP contribution in [0.5, 0.6) is 5.75 Å². The van der Waals surface area contributed by atoms with Crippen LogP contribution in [0.3, 0.4) is 0 Å². The monoisotopic (exact) mass is 541 g/mol. The van der Waals surface area contributed by atoms with Crippen molar-refractivity contribution in [2.24, 2.45) is 7.05 Å². The van der Waals surface area contributed by atoms with Gasteiger partial charge in [-0.1, -0.05) is 13.0 Å². The fraction of sp³-hybridized carbons (Fsp3) is 0.379. The Hall–Kier alpha value is -4.38. The number of hydrogen-bond donors (Lipinski definition) is 0. The molecule has 1 aliphatic rings. The molecule has 0 amide bonds. The van der Waals surface area contributed by atoms with Crippen molar-refractivity contribution in [1.29, 1.82) is 0 Å². The number of nitrogens with zero attached hydrogens (tertiary/aromatic N) is 9. The molecule has 3 aromatic heterocycles. The van der Waals surface area contributed by atoms with Gasteiger partial charge >= 0.3 is 0 Å². The minimum atomic E-state index is -0.00359. The second kappa shape index (κ2) is 11.8. The highest BCUT2D eigenvalue weighted by Crippen LogP contribution is 2.41. The molecule has 40 heavy (non-hydrogen) atoms. The quantitative estimate of drug-likeness (QED) is 0.268. The van der Waals surface area contributed by atoms with Gasteiger partial charge in [-0.25, -0.2) is 15.0 Å². The summed E-state index contributed by atoms with van der Waals surface area (Å²) in [5.74, 6) is 2.47. The number of para-hydroxylation sites is 1. The number of Topliss-reactive ketones (excluding diaryl/α,β-unsaturated/α-hetero) is 1. The lowest BCUT2D eigenvalue weighted by atomic mass is 10.1. The molecule has 4 aromatic rings. The van der Waals surface area contributed by atoms with Crippen LogP contribution in [0.2, 0.25) is 0 Å². The first-order valence-corrected chi connectivity index (χ1v) is 13.5. The fourth-order valence-electron chi connectivity index (χ4n) is 4.96. The molecule has 0 bridgehead atoms. The molecule has 0 N–H and O–H groups in total. The number of aryl methyl sites for hydroxylation is 1. The van der Waals surface area contributed by atoms with Crippen molar-refractivity contribution in [3.8, 4) is 17.1 Å². The molecule has 11 nitrogen and oxygen atoms in total. The summed E-state index contributed by atoms with van der Waals surface area (Å²) in [4.78, 5) is 37.5. The summed E-state index contributed by atoms with van der Waals surface area (Å²) in [6.45, 7) is 4.88. The zero-order chi connectivity index (χ0) is 28.2. The van der Waals surface area contributed by atoms with Crippen molar-refractivity contribution in [2.45, 2.75) is 32.7 Å². The van der Waals surface area contributed by atoms with E-state index < -0.39 is 0 Å². The van der Waals surface area contributed by atoms with E-state index in [0.29, 0.717) is 40.9 Å². The molecule has 0 radical (unpaired) electrons. The van der Waals surface area contributed by atoms with E-state index in [4.69, 9.17) is 4.74 Å². The third-order valence-corrected chi connectivity index (χ3v) is 7.21. The van der Waals surface area contributed by atoms with Crippen LogP contribution in [0.25, 0.3) is 11.4 Å². The minimum Gasteiger partial charge on any atom is -0.494 e. The Bertz CT molecular complexity index is 1480. The van der Waals surface area contributed by atoms with Crippen molar-refractivity contribution in [3.05, 3.63) is 60.4 Å². The van der Waals surface area contributed by atoms with Gasteiger partial charge in [-0.2, -0.15) is 5.10 Å². The normalized spacial score (nSPS) is 13.4. The topological polar surface area (TPSA) is 105 Å². The number of likely N-dealkylation sites (tertiary alicyclic amines) is 1. The van der Waals surface area contributed by atoms with Gasteiger partial charge in [0, 0.05) is 46.4 Å². The van der Waals surface area contributed by atoms with E-state index >= 15 is 0 Å². The number of methoxy groups -OCH3 is 1. The number of anilines is 4. The van der Waals surface area contributed by atoms with Crippen LogP contribution in [0.15, 0.2) is 49.2 Å². The molecular weight excluding hydrogens is 506 g/mol. The molecule has 0 atom stereocenters. The summed E-state index contributed by atoms with van der Waals surface area (Å²) in [6.07, 6.45) is 9.72. The molecule has 208 valence electrons. The van der Waals surface area contributed by atoms with Crippen LogP contribution >= 0.6 is 0 Å². The van der Waals surface area contributed by atoms with Gasteiger partial charge in [0.15, 0.2) is 23.2 Å². The smallest absolute Gasteiger partial charge is 0.184 e. The van der Waals surface area contributed by atoms with Gasteiger partial charge in [-0.05, 0) is 38.1 Å². The van der Waals surface area contributed by atoms with E-state index in [9.17, 15) is 4.79 Å². The Morgan fingerprint density at radius 2 is 1.75 bits per heavy atom. The SMILES string of the molecule is CCC(=O)c1cnc(N(C)c2cnc(CN3CCCC3)cn2)cc1N(C)c1cccc(-c2ncn(C)n2)c1OC. The highest BCUT2D eigenvalue weighted by atomic mass is 16.5. The molecule has 11 heteroatoms. The summed E-state index contributed by atoms with van der Waals surface area (Å²) in [7, 11) is 7.24. The van der Waals surface area contributed by atoms with E-state index in [0.717, 1.165) is 36.6 Å². The molecule has 0 aliphatic carbocycles. The Kier molecular flexibility index (Phi) is 8.01. The van der Waals surface area contributed by atoms with Crippen LogP contribution in [0, 0.1) is 0 Å². The third-order valence-electron chi connectivity index (χ3n) is 7.21. The predicted molar refractivity (Wildman–Crippen MR) is 155 cm³/mol. The van der Waals surface area contributed by atoms with Crippen molar-refractivity contribution < 1.29 is 9.53 Å². The van der Waals surface area contributed by atoms with Crippen LogP contribution in [-0.2, 0) is 13.6 Å². The molecule has 0 saturated carbocycles. The van der Waals surface area contributed by atoms with Crippen molar-refractivity contribution in [3.63, 3.8) is 0 Å². The van der Waals surface area contributed by atoms with E-state index in [2.05, 4.69) is 29.9 Å². The largest absolute Gasteiger partial charge is 0.494 e. The lowest BCUT2D eigenvalue weighted by Gasteiger charge is -2.26. The Morgan fingerprint density at radius 3 is 2.40 bits per heavy atom. The first-order valence-electron chi connectivity index (χ1n) is 13.5. The maximum Gasteiger partial charge on any atom is 0.184 e. The van der Waals surface area contributed by atoms with Gasteiger partial charge in [-0.15, -0.1) is 0 Å². The summed E-state index contributed by atoms with van der Waals surface area (Å²) in [5.41, 5.74) is 3.70. The van der Waals surface area contributed by atoms with E-state index in [1.54, 1.807) is 30.5 Å². The average Bonchev–Trinajstić information content (AvgIpc) is 3.67. The number of pyridine rings is 1. The summed E-state index contributed by atoms with van der Waals surface area (Å²) in [6, 6.07) is 7.68. The fourth-order valence-corrected chi connectivity index (χ4v) is 4.96. The zero-order valence-electron chi connectivity index (χ0n) is 23.7. The van der Waals surface area contributed by atoms with Gasteiger partial charge in [0.25, 0.3) is 0 Å². The molecule has 1 saturated heterocycles. The van der Waals surface area contributed by atoms with E-state index in [-0.39, 0.29) is 5.78 Å². The molecule has 4 heterocycles. The first kappa shape index (κ1) is 27.2. The van der Waals surface area contributed by atoms with Crippen LogP contribution in [0.4, 0.5) is 23.0 Å². The number of aromatic nitrogens is 6. The van der Waals surface area contributed by atoms with Gasteiger partial charge in [0.1, 0.15) is 12.1 Å². The standard InChI is InChI=1S/C29H35N9O2/c1-6-25(39)22-16-32-26(37(4)27-17-30-20(15-31-27)18-38-12-7-8-13-38)14-24(22)36(3)23-11-9-10-21(28(23)40-5)29-33-19-35(2)34-29/h9-11,14-17,19H,6-8,12-13,18H2,1-5H3. The molecule has 5 rings (SSSR count). The minimum absolute atomic E-state index is 0.00359. The number of carbonyl (C=O) groups excluding carboxylic acids is 1. The Labute approximate surface area is 234 Å². The number of carbonyl (C=O) groups is 1. The Balaban J connectivity index is 1.49. The number of rotatable bonds is 10. The van der Waals surface area contributed by atoms with Crippen molar-refractivity contribution in [2.75, 3.05) is 44.1 Å². The number of ether oxygens (including phenoxy) is 1. The molecule has 1 fully saturated rings. The second-order valence-electron chi connectivity index (χ2n) is 9.90. The maximum atomic E-state index is 13.0. The number of hydrogen-bond acceptors (Lipinski definition) is 10. The van der Waals surface area contributed by atoms with Gasteiger partial charge < -0.3 is 14.5 Å². The van der Waals surface area contributed by atoms with E-state index in [1.807, 2.05) is 68.3 Å². The van der Waals surface area contributed by atoms with Gasteiger partial charge in [0.2, 0.25) is 0 Å². The summed E-state index contributed by atoms with van der Waals surface area (Å²) in [5, 5.41) is 4.45. The van der Waals surface area contributed by atoms with E-state index in [1.165, 1.54) is 12.8 Å². The Morgan fingerprint density at radius 1 is 0.975 bits per heavy atom. The van der Waals surface area contributed by atoms with Crippen LogP contribution in [0.1, 0.15) is 42.2 Å². The molecule has 0 spiro atoms. The highest BCUT2D eigenvalue weighted by Gasteiger charge is 2.23. The summed E-state index contributed by atoms with van der Waals surface area (Å²) >= 11 is 0. The van der Waals surface area contributed by atoms with Crippen LogP contribution in [-0.4, -0.2) is 74.7 Å². The molecule has 1 aromatic carbocycles.